The van der Waals surface area contributed by atoms with Crippen molar-refractivity contribution < 1.29 is 9.32 Å². The van der Waals surface area contributed by atoms with Gasteiger partial charge in [-0.25, -0.2) is 5.43 Å². The third-order valence-electron chi connectivity index (χ3n) is 4.76. The first kappa shape index (κ1) is 16.2. The smallest absolute Gasteiger partial charge is 0.245 e. The van der Waals surface area contributed by atoms with Crippen molar-refractivity contribution in [2.24, 2.45) is 5.92 Å². The number of hydrogen-bond acceptors (Lipinski definition) is 7. The molecule has 0 bridgehead atoms. The van der Waals surface area contributed by atoms with E-state index in [1.54, 1.807) is 0 Å². The fraction of sp³-hybridized carbons (Fsp3) is 0.471. The molecule has 8 heteroatoms. The van der Waals surface area contributed by atoms with Gasteiger partial charge < -0.3 is 15.2 Å². The highest BCUT2D eigenvalue weighted by molar-refractivity contribution is 5.91. The summed E-state index contributed by atoms with van der Waals surface area (Å²) in [6.07, 6.45) is 2.18. The van der Waals surface area contributed by atoms with Gasteiger partial charge in [-0.1, -0.05) is 23.4 Å². The van der Waals surface area contributed by atoms with Crippen molar-refractivity contribution in [3.63, 3.8) is 0 Å². The maximum Gasteiger partial charge on any atom is 0.245 e. The Balaban J connectivity index is 1.32. The van der Waals surface area contributed by atoms with Crippen LogP contribution in [0.5, 0.6) is 0 Å². The minimum atomic E-state index is -0.161. The highest BCUT2D eigenvalue weighted by Crippen LogP contribution is 2.27. The molecule has 2 aliphatic heterocycles. The molecule has 2 fully saturated rings. The van der Waals surface area contributed by atoms with E-state index in [1.807, 2.05) is 30.3 Å². The number of carbonyl (C=O) groups excluding carboxylic acids is 1. The molecule has 3 unspecified atom stereocenters. The molecule has 2 aromatic rings. The van der Waals surface area contributed by atoms with E-state index < -0.39 is 0 Å². The summed E-state index contributed by atoms with van der Waals surface area (Å²) in [4.78, 5) is 16.4. The second kappa shape index (κ2) is 7.30. The average molecular weight is 342 g/mol. The van der Waals surface area contributed by atoms with Gasteiger partial charge in [0, 0.05) is 11.7 Å². The van der Waals surface area contributed by atoms with Crippen molar-refractivity contribution in [1.82, 2.24) is 26.3 Å². The van der Waals surface area contributed by atoms with Crippen LogP contribution >= 0.6 is 0 Å². The lowest BCUT2D eigenvalue weighted by molar-refractivity contribution is -0.115. The molecular weight excluding hydrogens is 320 g/mol. The number of para-hydroxylation sites is 1. The molecule has 3 atom stereocenters. The van der Waals surface area contributed by atoms with E-state index in [1.165, 1.54) is 6.42 Å². The zero-order valence-corrected chi connectivity index (χ0v) is 13.9. The summed E-state index contributed by atoms with van der Waals surface area (Å²) in [5.74, 6) is 1.39. The number of hydrazine groups is 1. The largest absolute Gasteiger partial charge is 0.338 e. The Morgan fingerprint density at radius 1 is 1.28 bits per heavy atom. The molecule has 3 heterocycles. The second-order valence-electron chi connectivity index (χ2n) is 6.58. The zero-order chi connectivity index (χ0) is 17.1. The summed E-state index contributed by atoms with van der Waals surface area (Å²) in [5, 5.41) is 10.1. The molecule has 2 aliphatic rings. The van der Waals surface area contributed by atoms with Crippen LogP contribution in [0.1, 0.15) is 30.6 Å². The van der Waals surface area contributed by atoms with Crippen LogP contribution in [0.25, 0.3) is 0 Å². The summed E-state index contributed by atoms with van der Waals surface area (Å²) in [5.41, 5.74) is 7.32. The van der Waals surface area contributed by atoms with Gasteiger partial charge in [-0.2, -0.15) is 4.98 Å². The molecule has 0 aliphatic carbocycles. The van der Waals surface area contributed by atoms with E-state index in [-0.39, 0.29) is 18.4 Å². The Labute approximate surface area is 145 Å². The van der Waals surface area contributed by atoms with Gasteiger partial charge in [0.05, 0.1) is 6.42 Å². The van der Waals surface area contributed by atoms with Crippen molar-refractivity contribution in [2.75, 3.05) is 18.4 Å². The van der Waals surface area contributed by atoms with Crippen LogP contribution < -0.4 is 21.5 Å². The SMILES string of the molecule is O=C(Cc1noc(C2CC(C3CCNC3)NN2)n1)Nc1ccccc1. The zero-order valence-electron chi connectivity index (χ0n) is 13.9. The normalized spacial score (nSPS) is 26.0. The van der Waals surface area contributed by atoms with Crippen molar-refractivity contribution >= 4 is 11.6 Å². The summed E-state index contributed by atoms with van der Waals surface area (Å²) >= 11 is 0. The van der Waals surface area contributed by atoms with Crippen LogP contribution in [0, 0.1) is 5.92 Å². The van der Waals surface area contributed by atoms with Crippen LogP contribution in [0.2, 0.25) is 0 Å². The van der Waals surface area contributed by atoms with E-state index in [2.05, 4.69) is 31.6 Å². The number of anilines is 1. The van der Waals surface area contributed by atoms with E-state index in [9.17, 15) is 4.79 Å². The summed E-state index contributed by atoms with van der Waals surface area (Å²) in [6.45, 7) is 2.12. The van der Waals surface area contributed by atoms with Crippen LogP contribution in [0.4, 0.5) is 5.69 Å². The second-order valence-corrected chi connectivity index (χ2v) is 6.58. The van der Waals surface area contributed by atoms with Gasteiger partial charge in [0.15, 0.2) is 5.82 Å². The van der Waals surface area contributed by atoms with E-state index >= 15 is 0 Å². The Morgan fingerprint density at radius 3 is 2.96 bits per heavy atom. The molecule has 132 valence electrons. The molecule has 8 nitrogen and oxygen atoms in total. The van der Waals surface area contributed by atoms with Gasteiger partial charge >= 0.3 is 0 Å². The fourth-order valence-electron chi connectivity index (χ4n) is 3.42. The molecule has 4 N–H and O–H groups in total. The van der Waals surface area contributed by atoms with Gasteiger partial charge in [-0.15, -0.1) is 0 Å². The highest BCUT2D eigenvalue weighted by atomic mass is 16.5. The molecular formula is C17H22N6O2. The number of carbonyl (C=O) groups is 1. The first-order valence-corrected chi connectivity index (χ1v) is 8.67. The number of hydrogen-bond donors (Lipinski definition) is 4. The monoisotopic (exact) mass is 342 g/mol. The highest BCUT2D eigenvalue weighted by Gasteiger charge is 2.35. The predicted octanol–water partition coefficient (Wildman–Crippen LogP) is 0.768. The van der Waals surface area contributed by atoms with Gasteiger partial charge in [-0.05, 0) is 44.0 Å². The molecule has 25 heavy (non-hydrogen) atoms. The lowest BCUT2D eigenvalue weighted by atomic mass is 9.95. The number of nitrogens with zero attached hydrogens (tertiary/aromatic N) is 2. The fourth-order valence-corrected chi connectivity index (χ4v) is 3.42. The Morgan fingerprint density at radius 2 is 2.16 bits per heavy atom. The van der Waals surface area contributed by atoms with Crippen LogP contribution in [-0.2, 0) is 11.2 Å². The first-order valence-electron chi connectivity index (χ1n) is 8.67. The van der Waals surface area contributed by atoms with Crippen molar-refractivity contribution in [1.29, 1.82) is 0 Å². The number of amides is 1. The van der Waals surface area contributed by atoms with Crippen LogP contribution in [-0.4, -0.2) is 35.2 Å². The number of nitrogens with one attached hydrogen (secondary N) is 4. The molecule has 0 saturated carbocycles. The lowest BCUT2D eigenvalue weighted by Gasteiger charge is -2.15. The summed E-state index contributed by atoms with van der Waals surface area (Å²) in [7, 11) is 0. The third kappa shape index (κ3) is 3.87. The van der Waals surface area contributed by atoms with Crippen molar-refractivity contribution in [3.8, 4) is 0 Å². The molecule has 1 aromatic carbocycles. The number of benzene rings is 1. The Bertz CT molecular complexity index is 713. The van der Waals surface area contributed by atoms with E-state index in [0.717, 1.165) is 25.2 Å². The van der Waals surface area contributed by atoms with Crippen LogP contribution in [0.15, 0.2) is 34.9 Å². The predicted molar refractivity (Wildman–Crippen MR) is 91.5 cm³/mol. The third-order valence-corrected chi connectivity index (χ3v) is 4.76. The minimum absolute atomic E-state index is 0.0102. The molecule has 0 radical (unpaired) electrons. The molecule has 1 amide bonds. The topological polar surface area (TPSA) is 104 Å². The molecule has 0 spiro atoms. The Hall–Kier alpha value is -2.29. The van der Waals surface area contributed by atoms with Gasteiger partial charge in [0.25, 0.3) is 0 Å². The number of aromatic nitrogens is 2. The van der Waals surface area contributed by atoms with Gasteiger partial charge in [0.1, 0.15) is 6.04 Å². The standard InChI is InChI=1S/C17H22N6O2/c24-16(19-12-4-2-1-3-5-12)9-15-20-17(25-23-15)14-8-13(21-22-14)11-6-7-18-10-11/h1-5,11,13-14,18,21-22H,6-10H2,(H,19,24). The quantitative estimate of drug-likeness (QED) is 0.636. The van der Waals surface area contributed by atoms with Gasteiger partial charge in [0.2, 0.25) is 11.8 Å². The Kier molecular flexibility index (Phi) is 4.73. The lowest BCUT2D eigenvalue weighted by Crippen LogP contribution is -2.36. The van der Waals surface area contributed by atoms with Crippen molar-refractivity contribution in [2.45, 2.75) is 31.3 Å². The van der Waals surface area contributed by atoms with E-state index in [4.69, 9.17) is 4.52 Å². The summed E-state index contributed by atoms with van der Waals surface area (Å²) in [6, 6.07) is 9.71. The van der Waals surface area contributed by atoms with Crippen molar-refractivity contribution in [3.05, 3.63) is 42.0 Å². The first-order chi connectivity index (χ1) is 12.3. The molecule has 2 saturated heterocycles. The van der Waals surface area contributed by atoms with Gasteiger partial charge in [-0.3, -0.25) is 10.2 Å². The van der Waals surface area contributed by atoms with E-state index in [0.29, 0.717) is 23.7 Å². The summed E-state index contributed by atoms with van der Waals surface area (Å²) < 4.78 is 5.35. The van der Waals surface area contributed by atoms with Crippen LogP contribution in [0.3, 0.4) is 0 Å². The number of rotatable bonds is 5. The molecule has 1 aromatic heterocycles. The maximum absolute atomic E-state index is 12.1. The average Bonchev–Trinajstić information content (AvgIpc) is 3.36. The molecule has 4 rings (SSSR count). The maximum atomic E-state index is 12.1. The minimum Gasteiger partial charge on any atom is -0.338 e.